The van der Waals surface area contributed by atoms with Crippen molar-refractivity contribution in [2.75, 3.05) is 25.6 Å². The SMILES string of the molecule is Cc1nc2c(N(C)C)c(C(=O)N[C@H]3CCOc4ccccc43)cnn2c1-c1cc(F)cc(Cl)c1Cl. The number of aryl methyl sites for hydroxylation is 1. The fourth-order valence-electron chi connectivity index (χ4n) is 4.45. The van der Waals surface area contributed by atoms with Crippen molar-refractivity contribution in [3.63, 3.8) is 0 Å². The minimum absolute atomic E-state index is 0.0941. The number of ether oxygens (including phenoxy) is 1. The molecular formula is C25H22Cl2FN5O2. The Morgan fingerprint density at radius 1 is 1.26 bits per heavy atom. The number of hydrogen-bond acceptors (Lipinski definition) is 5. The summed E-state index contributed by atoms with van der Waals surface area (Å²) in [4.78, 5) is 19.9. The minimum atomic E-state index is -0.524. The highest BCUT2D eigenvalue weighted by Crippen LogP contribution is 2.38. The van der Waals surface area contributed by atoms with Gasteiger partial charge in [0.2, 0.25) is 0 Å². The second-order valence-corrected chi connectivity index (χ2v) is 9.32. The fourth-order valence-corrected chi connectivity index (χ4v) is 4.86. The van der Waals surface area contributed by atoms with Crippen molar-refractivity contribution in [1.82, 2.24) is 19.9 Å². The highest BCUT2D eigenvalue weighted by atomic mass is 35.5. The summed E-state index contributed by atoms with van der Waals surface area (Å²) in [6, 6.07) is 9.93. The van der Waals surface area contributed by atoms with Crippen molar-refractivity contribution < 1.29 is 13.9 Å². The first-order valence-corrected chi connectivity index (χ1v) is 11.7. The predicted molar refractivity (Wildman–Crippen MR) is 134 cm³/mol. The first-order chi connectivity index (χ1) is 16.8. The monoisotopic (exact) mass is 513 g/mol. The molecular weight excluding hydrogens is 492 g/mol. The Labute approximate surface area is 211 Å². The summed E-state index contributed by atoms with van der Waals surface area (Å²) in [7, 11) is 3.65. The zero-order valence-corrected chi connectivity index (χ0v) is 20.8. The smallest absolute Gasteiger partial charge is 0.255 e. The van der Waals surface area contributed by atoms with Gasteiger partial charge in [-0.3, -0.25) is 4.79 Å². The number of nitrogens with one attached hydrogen (secondary N) is 1. The molecule has 1 aliphatic heterocycles. The van der Waals surface area contributed by atoms with Crippen LogP contribution in [-0.2, 0) is 0 Å². The fraction of sp³-hybridized carbons (Fsp3) is 0.240. The van der Waals surface area contributed by atoms with Crippen LogP contribution in [0.1, 0.15) is 34.1 Å². The molecule has 180 valence electrons. The molecule has 3 heterocycles. The molecule has 0 saturated heterocycles. The van der Waals surface area contributed by atoms with Crippen molar-refractivity contribution in [2.45, 2.75) is 19.4 Å². The molecule has 5 rings (SSSR count). The number of hydrogen-bond donors (Lipinski definition) is 1. The van der Waals surface area contributed by atoms with Gasteiger partial charge in [-0.25, -0.2) is 13.9 Å². The zero-order valence-electron chi connectivity index (χ0n) is 19.3. The lowest BCUT2D eigenvalue weighted by molar-refractivity contribution is 0.0925. The Hall–Kier alpha value is -3.36. The van der Waals surface area contributed by atoms with Crippen LogP contribution in [-0.4, -0.2) is 41.2 Å². The van der Waals surface area contributed by atoms with Gasteiger partial charge in [0.15, 0.2) is 5.65 Å². The highest BCUT2D eigenvalue weighted by molar-refractivity contribution is 6.43. The van der Waals surface area contributed by atoms with E-state index in [1.807, 2.05) is 38.4 Å². The van der Waals surface area contributed by atoms with Crippen LogP contribution >= 0.6 is 23.2 Å². The van der Waals surface area contributed by atoms with Gasteiger partial charge in [-0.1, -0.05) is 41.4 Å². The Bertz CT molecular complexity index is 1470. The van der Waals surface area contributed by atoms with Crippen molar-refractivity contribution >= 4 is 40.4 Å². The van der Waals surface area contributed by atoms with E-state index in [1.165, 1.54) is 12.3 Å². The molecule has 1 N–H and O–H groups in total. The van der Waals surface area contributed by atoms with Crippen LogP contribution < -0.4 is 15.0 Å². The minimum Gasteiger partial charge on any atom is -0.493 e. The lowest BCUT2D eigenvalue weighted by Crippen LogP contribution is -2.33. The second-order valence-electron chi connectivity index (χ2n) is 8.53. The summed E-state index contributed by atoms with van der Waals surface area (Å²) < 4.78 is 21.4. The van der Waals surface area contributed by atoms with Crippen molar-refractivity contribution in [2.24, 2.45) is 0 Å². The van der Waals surface area contributed by atoms with Crippen molar-refractivity contribution in [3.05, 3.63) is 75.3 Å². The van der Waals surface area contributed by atoms with Crippen LogP contribution in [0.2, 0.25) is 10.0 Å². The summed E-state index contributed by atoms with van der Waals surface area (Å²) in [5.74, 6) is -0.0339. The molecule has 7 nitrogen and oxygen atoms in total. The summed E-state index contributed by atoms with van der Waals surface area (Å²) in [5, 5.41) is 7.91. The van der Waals surface area contributed by atoms with Crippen LogP contribution in [0.4, 0.5) is 10.1 Å². The number of fused-ring (bicyclic) bond motifs is 2. The third kappa shape index (κ3) is 4.06. The van der Waals surface area contributed by atoms with Crippen LogP contribution in [0, 0.1) is 12.7 Å². The number of anilines is 1. The number of halogens is 3. The number of nitrogens with zero attached hydrogens (tertiary/aromatic N) is 4. The first-order valence-electron chi connectivity index (χ1n) is 11.0. The van der Waals surface area contributed by atoms with Gasteiger partial charge in [0.25, 0.3) is 5.91 Å². The molecule has 10 heteroatoms. The standard InChI is InChI=1S/C25H22Cl2FN5O2/c1-13-22(16-10-14(28)11-18(26)21(16)27)33-24(30-13)23(32(2)3)17(12-29-33)25(34)31-19-8-9-35-20-7-5-4-6-15(19)20/h4-7,10-12,19H,8-9H2,1-3H3,(H,31,34)/t19-/m0/s1. The molecule has 0 bridgehead atoms. The number of benzene rings is 2. The first kappa shape index (κ1) is 23.4. The van der Waals surface area contributed by atoms with E-state index >= 15 is 0 Å². The molecule has 35 heavy (non-hydrogen) atoms. The van der Waals surface area contributed by atoms with E-state index in [9.17, 15) is 9.18 Å². The number of aromatic nitrogens is 3. The Morgan fingerprint density at radius 3 is 2.80 bits per heavy atom. The van der Waals surface area contributed by atoms with Crippen LogP contribution in [0.25, 0.3) is 16.9 Å². The molecule has 0 radical (unpaired) electrons. The summed E-state index contributed by atoms with van der Waals surface area (Å²) in [5.41, 5.74) is 3.76. The molecule has 0 aliphatic carbocycles. The van der Waals surface area contributed by atoms with E-state index in [4.69, 9.17) is 27.9 Å². The number of para-hydroxylation sites is 1. The molecule has 2 aromatic carbocycles. The number of rotatable bonds is 4. The van der Waals surface area contributed by atoms with Gasteiger partial charge < -0.3 is 15.0 Å². The van der Waals surface area contributed by atoms with Gasteiger partial charge in [-0.05, 0) is 25.1 Å². The maximum Gasteiger partial charge on any atom is 0.255 e. The maximum atomic E-state index is 14.2. The van der Waals surface area contributed by atoms with E-state index in [0.29, 0.717) is 46.9 Å². The van der Waals surface area contributed by atoms with E-state index in [0.717, 1.165) is 17.4 Å². The molecule has 0 unspecified atom stereocenters. The molecule has 4 aromatic rings. The number of carbonyl (C=O) groups is 1. The van der Waals surface area contributed by atoms with Crippen LogP contribution in [0.3, 0.4) is 0 Å². The van der Waals surface area contributed by atoms with E-state index in [2.05, 4.69) is 15.4 Å². The largest absolute Gasteiger partial charge is 0.493 e. The Kier molecular flexibility index (Phi) is 6.02. The average Bonchev–Trinajstić information content (AvgIpc) is 3.16. The van der Waals surface area contributed by atoms with Gasteiger partial charge in [-0.2, -0.15) is 5.10 Å². The zero-order chi connectivity index (χ0) is 24.9. The van der Waals surface area contributed by atoms with Crippen LogP contribution in [0.5, 0.6) is 5.75 Å². The molecule has 1 amide bonds. The quantitative estimate of drug-likeness (QED) is 0.366. The van der Waals surface area contributed by atoms with Gasteiger partial charge in [0.1, 0.15) is 11.6 Å². The van der Waals surface area contributed by atoms with Gasteiger partial charge in [0, 0.05) is 31.6 Å². The normalized spacial score (nSPS) is 15.0. The lowest BCUT2D eigenvalue weighted by Gasteiger charge is -2.27. The average molecular weight is 514 g/mol. The summed E-state index contributed by atoms with van der Waals surface area (Å²) in [6.45, 7) is 2.29. The highest BCUT2D eigenvalue weighted by Gasteiger charge is 2.27. The number of imidazole rings is 1. The predicted octanol–water partition coefficient (Wildman–Crippen LogP) is 5.47. The van der Waals surface area contributed by atoms with Crippen molar-refractivity contribution in [3.8, 4) is 17.0 Å². The van der Waals surface area contributed by atoms with Crippen LogP contribution in [0.15, 0.2) is 42.6 Å². The molecule has 1 aliphatic rings. The third-order valence-electron chi connectivity index (χ3n) is 6.00. The molecule has 0 spiro atoms. The molecule has 0 fully saturated rings. The van der Waals surface area contributed by atoms with Crippen molar-refractivity contribution in [1.29, 1.82) is 0 Å². The third-order valence-corrected chi connectivity index (χ3v) is 6.80. The number of carbonyl (C=O) groups excluding carboxylic acids is 1. The molecule has 2 aromatic heterocycles. The van der Waals surface area contributed by atoms with E-state index < -0.39 is 5.82 Å². The second kappa shape index (κ2) is 9.02. The van der Waals surface area contributed by atoms with Gasteiger partial charge in [-0.15, -0.1) is 0 Å². The lowest BCUT2D eigenvalue weighted by atomic mass is 10.00. The number of amides is 1. The van der Waals surface area contributed by atoms with Gasteiger partial charge >= 0.3 is 0 Å². The van der Waals surface area contributed by atoms with E-state index in [1.54, 1.807) is 16.3 Å². The molecule has 1 atom stereocenters. The maximum absolute atomic E-state index is 14.2. The summed E-state index contributed by atoms with van der Waals surface area (Å²) >= 11 is 12.5. The topological polar surface area (TPSA) is 71.8 Å². The van der Waals surface area contributed by atoms with E-state index in [-0.39, 0.29) is 22.0 Å². The summed E-state index contributed by atoms with van der Waals surface area (Å²) in [6.07, 6.45) is 2.14. The Morgan fingerprint density at radius 2 is 2.03 bits per heavy atom. The Balaban J connectivity index is 1.60. The molecule has 0 saturated carbocycles. The van der Waals surface area contributed by atoms with Gasteiger partial charge in [0.05, 0.1) is 51.5 Å².